The van der Waals surface area contributed by atoms with Crippen LogP contribution in [0.3, 0.4) is 0 Å². The topological polar surface area (TPSA) is 170 Å². The van der Waals surface area contributed by atoms with Gasteiger partial charge in [0.15, 0.2) is 11.6 Å². The third-order valence-corrected chi connectivity index (χ3v) is 11.9. The van der Waals surface area contributed by atoms with Crippen LogP contribution in [0.15, 0.2) is 48.5 Å². The first-order valence-electron chi connectivity index (χ1n) is 18.7. The Kier molecular flexibility index (Phi) is 13.0. The van der Waals surface area contributed by atoms with Crippen LogP contribution in [0, 0.1) is 46.6 Å². The fraction of sp³-hybridized carbons (Fsp3) is 0.366. The average molecular weight is 789 g/mol. The van der Waals surface area contributed by atoms with Gasteiger partial charge in [-0.05, 0) is 74.2 Å². The minimum atomic E-state index is -0.429. The second-order valence-electron chi connectivity index (χ2n) is 13.4. The van der Waals surface area contributed by atoms with Gasteiger partial charge in [0.2, 0.25) is 0 Å². The fourth-order valence-corrected chi connectivity index (χ4v) is 8.48. The summed E-state index contributed by atoms with van der Waals surface area (Å²) in [6.45, 7) is 13.7. The smallest absolute Gasteiger partial charge is 0.269 e. The monoisotopic (exact) mass is 788 g/mol. The van der Waals surface area contributed by atoms with Crippen molar-refractivity contribution in [1.29, 1.82) is 10.5 Å². The lowest BCUT2D eigenvalue weighted by atomic mass is 10.1. The maximum atomic E-state index is 10.9. The molecule has 1 fully saturated rings. The molecule has 0 aliphatic carbocycles. The van der Waals surface area contributed by atoms with Crippen LogP contribution in [0.25, 0.3) is 43.2 Å². The molecule has 1 aliphatic heterocycles. The number of nitro benzene ring substituents is 1. The molecule has 6 aromatic rings. The highest BCUT2D eigenvalue weighted by atomic mass is 32.1. The van der Waals surface area contributed by atoms with Gasteiger partial charge >= 0.3 is 0 Å². The molecule has 0 radical (unpaired) electrons. The number of ether oxygens (including phenoxy) is 1. The number of nitriles is 2. The number of nitrogens with one attached hydrogen (secondary N) is 1. The number of rotatable bonds is 12. The van der Waals surface area contributed by atoms with Crippen LogP contribution >= 0.6 is 22.7 Å². The molecule has 7 rings (SSSR count). The first-order valence-corrected chi connectivity index (χ1v) is 20.4. The van der Waals surface area contributed by atoms with Crippen LogP contribution < -0.4 is 19.9 Å². The fourth-order valence-electron chi connectivity index (χ4n) is 6.54. The van der Waals surface area contributed by atoms with Crippen LogP contribution in [-0.2, 0) is 0 Å². The Labute approximate surface area is 334 Å². The van der Waals surface area contributed by atoms with Crippen LogP contribution in [0.4, 0.5) is 17.3 Å². The zero-order valence-electron chi connectivity index (χ0n) is 32.3. The molecule has 2 aromatic carbocycles. The lowest BCUT2D eigenvalue weighted by Crippen LogP contribution is -2.44. The average Bonchev–Trinajstić information content (AvgIpc) is 3.75. The third kappa shape index (κ3) is 8.55. The summed E-state index contributed by atoms with van der Waals surface area (Å²) < 4.78 is 5.28. The van der Waals surface area contributed by atoms with Gasteiger partial charge < -0.3 is 19.9 Å². The Bertz CT molecular complexity index is 2400. The van der Waals surface area contributed by atoms with E-state index in [0.29, 0.717) is 27.0 Å². The van der Waals surface area contributed by atoms with Gasteiger partial charge in [0.25, 0.3) is 5.69 Å². The van der Waals surface area contributed by atoms with E-state index in [0.717, 1.165) is 119 Å². The van der Waals surface area contributed by atoms with E-state index in [2.05, 4.69) is 46.1 Å². The molecule has 13 nitrogen and oxygen atoms in total. The lowest BCUT2D eigenvalue weighted by molar-refractivity contribution is -0.384. The Balaban J connectivity index is 0.000000190. The number of benzene rings is 2. The number of nitro groups is 1. The summed E-state index contributed by atoms with van der Waals surface area (Å²) in [5.74, 6) is 3.79. The number of hydrogen-bond acceptors (Lipinski definition) is 14. The molecule has 15 heteroatoms. The van der Waals surface area contributed by atoms with Crippen molar-refractivity contribution in [2.24, 2.45) is 0 Å². The van der Waals surface area contributed by atoms with Gasteiger partial charge in [-0.1, -0.05) is 26.7 Å². The molecule has 1 N–H and O–H groups in total. The van der Waals surface area contributed by atoms with Crippen molar-refractivity contribution in [3.8, 4) is 40.7 Å². The standard InChI is InChI=1S/C23H28N4OS.C18H16N6O2S/c1-5-7-13-27(14-8-6-2)22-20-16(3)19(15-24)29-23(20)26-21(25-22)17-9-11-18(28-4)12-10-17;1-11-14(10-19)27-18-15(11)17(23-8-6-20-7-9-23)21-16(22-18)12-2-4-13(5-3-12)24(25)26/h9-12H,5-8,13-14H2,1-4H3;2-5,20H,6-9H2,1H3. The first-order chi connectivity index (χ1) is 27.2. The molecule has 288 valence electrons. The van der Waals surface area contributed by atoms with E-state index < -0.39 is 4.92 Å². The molecule has 0 bridgehead atoms. The zero-order valence-corrected chi connectivity index (χ0v) is 33.9. The number of anilines is 2. The highest BCUT2D eigenvalue weighted by Gasteiger charge is 2.23. The number of piperazine rings is 1. The number of aryl methyl sites for hydroxylation is 2. The molecule has 5 heterocycles. The van der Waals surface area contributed by atoms with Gasteiger partial charge in [-0.2, -0.15) is 10.5 Å². The largest absolute Gasteiger partial charge is 0.497 e. The van der Waals surface area contributed by atoms with Crippen molar-refractivity contribution >= 4 is 60.4 Å². The summed E-state index contributed by atoms with van der Waals surface area (Å²) >= 11 is 2.81. The van der Waals surface area contributed by atoms with Gasteiger partial charge in [-0.3, -0.25) is 10.1 Å². The molecule has 1 aliphatic rings. The summed E-state index contributed by atoms with van der Waals surface area (Å²) in [7, 11) is 1.66. The van der Waals surface area contributed by atoms with Crippen molar-refractivity contribution in [2.75, 3.05) is 56.2 Å². The van der Waals surface area contributed by atoms with Crippen molar-refractivity contribution in [3.63, 3.8) is 0 Å². The Hall–Kier alpha value is -5.74. The number of unbranched alkanes of at least 4 members (excludes halogenated alkanes) is 2. The van der Waals surface area contributed by atoms with Gasteiger partial charge in [-0.25, -0.2) is 19.9 Å². The number of hydrogen-bond donors (Lipinski definition) is 1. The van der Waals surface area contributed by atoms with Crippen molar-refractivity contribution < 1.29 is 9.66 Å². The molecule has 0 atom stereocenters. The van der Waals surface area contributed by atoms with Gasteiger partial charge in [0, 0.05) is 62.5 Å². The van der Waals surface area contributed by atoms with Gasteiger partial charge in [0.05, 0.1) is 22.8 Å². The molecule has 0 unspecified atom stereocenters. The van der Waals surface area contributed by atoms with Crippen molar-refractivity contribution in [2.45, 2.75) is 53.4 Å². The Morgan fingerprint density at radius 2 is 1.34 bits per heavy atom. The van der Waals surface area contributed by atoms with Crippen LogP contribution in [0.5, 0.6) is 5.75 Å². The summed E-state index contributed by atoms with van der Waals surface area (Å²) in [6, 6.07) is 18.6. The summed E-state index contributed by atoms with van der Waals surface area (Å²) in [5, 5.41) is 35.1. The molecular weight excluding hydrogens is 745 g/mol. The van der Waals surface area contributed by atoms with Gasteiger partial charge in [-0.15, -0.1) is 22.7 Å². The highest BCUT2D eigenvalue weighted by molar-refractivity contribution is 7.19. The van der Waals surface area contributed by atoms with Crippen LogP contribution in [-0.4, -0.2) is 71.2 Å². The number of nitrogens with zero attached hydrogens (tertiary/aromatic N) is 9. The molecule has 1 saturated heterocycles. The molecule has 56 heavy (non-hydrogen) atoms. The SMILES string of the molecule is CCCCN(CCCC)c1nc(-c2ccc(OC)cc2)nc2sc(C#N)c(C)c12.Cc1c(C#N)sc2nc(-c3ccc([N+](=O)[O-])cc3)nc(N3CCNCC3)c12. The molecule has 4 aromatic heterocycles. The summed E-state index contributed by atoms with van der Waals surface area (Å²) in [4.78, 5) is 37.3. The van der Waals surface area contributed by atoms with E-state index in [4.69, 9.17) is 19.7 Å². The van der Waals surface area contributed by atoms with E-state index in [1.54, 1.807) is 19.2 Å². The normalized spacial score (nSPS) is 12.5. The van der Waals surface area contributed by atoms with Crippen LogP contribution in [0.2, 0.25) is 0 Å². The van der Waals surface area contributed by atoms with E-state index in [1.165, 1.54) is 34.8 Å². The first kappa shape index (κ1) is 39.9. The van der Waals surface area contributed by atoms with E-state index in [9.17, 15) is 20.6 Å². The summed E-state index contributed by atoms with van der Waals surface area (Å²) in [6.07, 6.45) is 4.49. The number of thiophene rings is 2. The lowest BCUT2D eigenvalue weighted by Gasteiger charge is -2.29. The highest BCUT2D eigenvalue weighted by Crippen LogP contribution is 2.39. The van der Waals surface area contributed by atoms with Crippen molar-refractivity contribution in [1.82, 2.24) is 25.3 Å². The van der Waals surface area contributed by atoms with E-state index >= 15 is 0 Å². The third-order valence-electron chi connectivity index (χ3n) is 9.71. The Morgan fingerprint density at radius 1 is 0.821 bits per heavy atom. The number of non-ortho nitro benzene ring substituents is 1. The predicted molar refractivity (Wildman–Crippen MR) is 225 cm³/mol. The molecule has 0 amide bonds. The molecule has 0 saturated carbocycles. The Morgan fingerprint density at radius 3 is 1.86 bits per heavy atom. The van der Waals surface area contributed by atoms with E-state index in [-0.39, 0.29) is 5.69 Å². The second kappa shape index (κ2) is 18.3. The van der Waals surface area contributed by atoms with Gasteiger partial charge in [0.1, 0.15) is 48.9 Å². The predicted octanol–water partition coefficient (Wildman–Crippen LogP) is 8.81. The van der Waals surface area contributed by atoms with Crippen molar-refractivity contribution in [3.05, 3.63) is 79.5 Å². The minimum Gasteiger partial charge on any atom is -0.497 e. The van der Waals surface area contributed by atoms with Crippen LogP contribution in [0.1, 0.15) is 60.4 Å². The number of fused-ring (bicyclic) bond motifs is 2. The van der Waals surface area contributed by atoms with E-state index in [1.807, 2.05) is 38.1 Å². The number of aromatic nitrogens is 4. The maximum Gasteiger partial charge on any atom is 0.269 e. The zero-order chi connectivity index (χ0) is 39.8. The quantitative estimate of drug-likeness (QED) is 0.0925. The molecular formula is C41H44N10O3S2. The molecule has 0 spiro atoms. The summed E-state index contributed by atoms with van der Waals surface area (Å²) in [5.41, 5.74) is 3.58. The minimum absolute atomic E-state index is 0.0286. The number of methoxy groups -OCH3 is 1. The second-order valence-corrected chi connectivity index (χ2v) is 15.4. The maximum absolute atomic E-state index is 10.9.